The van der Waals surface area contributed by atoms with Gasteiger partial charge in [-0.25, -0.2) is 35.1 Å². The van der Waals surface area contributed by atoms with E-state index in [0.717, 1.165) is 6.92 Å². The quantitative estimate of drug-likeness (QED) is 0.159. The average Bonchev–Trinajstić information content (AvgIpc) is 3.00. The van der Waals surface area contributed by atoms with Gasteiger partial charge in [-0.2, -0.15) is 23.0 Å². The first-order chi connectivity index (χ1) is 15.1. The first kappa shape index (κ1) is 27.1. The molecular formula is C18H5CuF11N2O2. The second-order valence-electron chi connectivity index (χ2n) is 6.35. The molecule has 34 heavy (non-hydrogen) atoms. The number of aryl methyl sites for hydroxylation is 1. The number of benzene rings is 2. The Hall–Kier alpha value is -3.13. The summed E-state index contributed by atoms with van der Waals surface area (Å²) in [5.74, 6) is -23.7. The molecule has 1 heterocycles. The average molecular weight is 554 g/mol. The van der Waals surface area contributed by atoms with E-state index in [2.05, 4.69) is 5.10 Å². The number of aromatic hydroxyl groups is 1. The number of carbonyl (C=O) groups excluding carboxylic acids is 1. The van der Waals surface area contributed by atoms with Crippen LogP contribution in [-0.4, -0.2) is 20.7 Å². The first-order valence-corrected chi connectivity index (χ1v) is 8.20. The summed E-state index contributed by atoms with van der Waals surface area (Å²) in [6, 6.07) is -0.120. The maximum atomic E-state index is 14.2. The summed E-state index contributed by atoms with van der Waals surface area (Å²) in [5.41, 5.74) is -8.48. The third-order valence-electron chi connectivity index (χ3n) is 4.35. The Kier molecular flexibility index (Phi) is 7.10. The van der Waals surface area contributed by atoms with Gasteiger partial charge < -0.3 is 5.11 Å². The molecule has 187 valence electrons. The van der Waals surface area contributed by atoms with Crippen LogP contribution in [0.2, 0.25) is 0 Å². The number of alkyl halides is 3. The number of ketones is 1. The zero-order valence-electron chi connectivity index (χ0n) is 15.8. The maximum absolute atomic E-state index is 14.2. The molecule has 0 atom stereocenters. The number of aromatic nitrogens is 2. The van der Waals surface area contributed by atoms with Crippen LogP contribution in [0.4, 0.5) is 48.3 Å². The molecule has 1 radical (unpaired) electrons. The van der Waals surface area contributed by atoms with Crippen molar-refractivity contribution in [1.29, 1.82) is 0 Å². The summed E-state index contributed by atoms with van der Waals surface area (Å²) < 4.78 is 148. The summed E-state index contributed by atoms with van der Waals surface area (Å²) in [7, 11) is 0. The summed E-state index contributed by atoms with van der Waals surface area (Å²) in [6.07, 6.45) is -5.87. The molecule has 1 aromatic heterocycles. The van der Waals surface area contributed by atoms with Crippen molar-refractivity contribution in [2.24, 2.45) is 0 Å². The SMILES string of the molecule is Cc1nn(-c2c(F)c(F)c(C(F)(F)F)c(F)c2F)c(O)c1C(=O)c1cc(F)c(F)c(F)c1F.[Cu]. The van der Waals surface area contributed by atoms with Crippen LogP contribution in [0.5, 0.6) is 5.88 Å². The normalized spacial score (nSPS) is 11.5. The molecule has 16 heteroatoms. The van der Waals surface area contributed by atoms with Crippen molar-refractivity contribution in [2.75, 3.05) is 0 Å². The predicted molar refractivity (Wildman–Crippen MR) is 84.5 cm³/mol. The minimum atomic E-state index is -5.87. The van der Waals surface area contributed by atoms with E-state index in [1.807, 2.05) is 0 Å². The number of halogens is 11. The van der Waals surface area contributed by atoms with E-state index in [1.54, 1.807) is 0 Å². The van der Waals surface area contributed by atoms with Crippen molar-refractivity contribution in [3.8, 4) is 11.6 Å². The van der Waals surface area contributed by atoms with Crippen molar-refractivity contribution in [2.45, 2.75) is 13.1 Å². The molecule has 0 fully saturated rings. The number of hydrogen-bond donors (Lipinski definition) is 1. The van der Waals surface area contributed by atoms with E-state index in [0.29, 0.717) is 0 Å². The fraction of sp³-hybridized carbons (Fsp3) is 0.111. The van der Waals surface area contributed by atoms with E-state index in [-0.39, 0.29) is 23.1 Å². The van der Waals surface area contributed by atoms with Gasteiger partial charge in [0.2, 0.25) is 11.7 Å². The number of rotatable bonds is 3. The number of nitrogens with zero attached hydrogens (tertiary/aromatic N) is 2. The van der Waals surface area contributed by atoms with Crippen molar-refractivity contribution < 1.29 is 75.3 Å². The molecule has 0 aliphatic heterocycles. The fourth-order valence-electron chi connectivity index (χ4n) is 2.86. The summed E-state index contributed by atoms with van der Waals surface area (Å²) in [5, 5.41) is 13.3. The number of carbonyl (C=O) groups is 1. The largest absolute Gasteiger partial charge is 0.493 e. The van der Waals surface area contributed by atoms with E-state index >= 15 is 0 Å². The molecule has 0 amide bonds. The fourth-order valence-corrected chi connectivity index (χ4v) is 2.86. The second kappa shape index (κ2) is 8.91. The maximum Gasteiger partial charge on any atom is 0.422 e. The molecular weight excluding hydrogens is 549 g/mol. The van der Waals surface area contributed by atoms with Crippen molar-refractivity contribution in [1.82, 2.24) is 9.78 Å². The Morgan fingerprint density at radius 3 is 1.82 bits per heavy atom. The van der Waals surface area contributed by atoms with Crippen LogP contribution >= 0.6 is 0 Å². The van der Waals surface area contributed by atoms with Crippen LogP contribution in [0.1, 0.15) is 27.2 Å². The van der Waals surface area contributed by atoms with Crippen LogP contribution in [0.15, 0.2) is 6.07 Å². The van der Waals surface area contributed by atoms with Gasteiger partial charge in [0.15, 0.2) is 46.5 Å². The van der Waals surface area contributed by atoms with Gasteiger partial charge in [-0.15, -0.1) is 0 Å². The zero-order valence-corrected chi connectivity index (χ0v) is 16.7. The van der Waals surface area contributed by atoms with Gasteiger partial charge in [-0.3, -0.25) is 4.79 Å². The molecule has 0 aliphatic carbocycles. The van der Waals surface area contributed by atoms with Crippen LogP contribution in [0.25, 0.3) is 5.69 Å². The minimum Gasteiger partial charge on any atom is -0.493 e. The molecule has 3 rings (SSSR count). The van der Waals surface area contributed by atoms with Gasteiger partial charge >= 0.3 is 6.18 Å². The van der Waals surface area contributed by atoms with Crippen LogP contribution in [-0.2, 0) is 23.2 Å². The van der Waals surface area contributed by atoms with E-state index in [1.165, 1.54) is 0 Å². The molecule has 3 aromatic rings. The van der Waals surface area contributed by atoms with Gasteiger partial charge in [0, 0.05) is 17.1 Å². The Bertz CT molecular complexity index is 1310. The molecule has 0 saturated heterocycles. The predicted octanol–water partition coefficient (Wildman–Crippen LogP) is 5.25. The Labute approximate surface area is 191 Å². The molecule has 0 saturated carbocycles. The summed E-state index contributed by atoms with van der Waals surface area (Å²) in [4.78, 5) is 12.5. The van der Waals surface area contributed by atoms with Gasteiger partial charge in [-0.05, 0) is 13.0 Å². The molecule has 2 aromatic carbocycles. The third kappa shape index (κ3) is 4.00. The van der Waals surface area contributed by atoms with Crippen molar-refractivity contribution in [3.05, 3.63) is 75.0 Å². The standard InChI is InChI=1S/C18H5F11N2O2.Cu/c1-3-6(16(32)4-2-5(19)9(21)12(24)8(4)20)17(33)31(30-3)15-13(25)10(22)7(18(27,28)29)11(23)14(15)26;/h2,33H,1H3;. The Morgan fingerprint density at radius 1 is 0.853 bits per heavy atom. The van der Waals surface area contributed by atoms with Crippen LogP contribution in [0.3, 0.4) is 0 Å². The van der Waals surface area contributed by atoms with Gasteiger partial charge in [0.25, 0.3) is 0 Å². The first-order valence-electron chi connectivity index (χ1n) is 8.20. The Morgan fingerprint density at radius 2 is 1.35 bits per heavy atom. The van der Waals surface area contributed by atoms with E-state index in [9.17, 15) is 58.2 Å². The van der Waals surface area contributed by atoms with E-state index in [4.69, 9.17) is 0 Å². The smallest absolute Gasteiger partial charge is 0.422 e. The molecule has 4 nitrogen and oxygen atoms in total. The van der Waals surface area contributed by atoms with Gasteiger partial charge in [0.05, 0.1) is 11.3 Å². The number of hydrogen-bond acceptors (Lipinski definition) is 3. The Balaban J connectivity index is 0.00000408. The second-order valence-corrected chi connectivity index (χ2v) is 6.35. The topological polar surface area (TPSA) is 55.1 Å². The monoisotopic (exact) mass is 553 g/mol. The third-order valence-corrected chi connectivity index (χ3v) is 4.35. The van der Waals surface area contributed by atoms with Gasteiger partial charge in [-0.1, -0.05) is 0 Å². The van der Waals surface area contributed by atoms with Gasteiger partial charge in [0.1, 0.15) is 16.8 Å². The van der Waals surface area contributed by atoms with Crippen molar-refractivity contribution in [3.63, 3.8) is 0 Å². The van der Waals surface area contributed by atoms with Crippen LogP contribution in [0, 0.1) is 53.5 Å². The zero-order chi connectivity index (χ0) is 25.2. The summed E-state index contributed by atoms with van der Waals surface area (Å²) in [6.45, 7) is 0.796. The molecule has 0 spiro atoms. The molecule has 0 aliphatic rings. The van der Waals surface area contributed by atoms with Crippen molar-refractivity contribution >= 4 is 5.78 Å². The molecule has 1 N–H and O–H groups in total. The van der Waals surface area contributed by atoms with E-state index < -0.39 is 97.1 Å². The molecule has 0 bridgehead atoms. The van der Waals surface area contributed by atoms with Crippen LogP contribution < -0.4 is 0 Å². The minimum absolute atomic E-state index is 0. The summed E-state index contributed by atoms with van der Waals surface area (Å²) >= 11 is 0. The molecule has 0 unspecified atom stereocenters.